The molecule has 2 atom stereocenters. The van der Waals surface area contributed by atoms with E-state index in [0.717, 1.165) is 16.8 Å². The van der Waals surface area contributed by atoms with Crippen LogP contribution >= 0.6 is 0 Å². The number of nitriles is 1. The molecule has 6 nitrogen and oxygen atoms in total. The number of nitro groups is 1. The molecule has 1 heterocycles. The molecule has 0 bridgehead atoms. The van der Waals surface area contributed by atoms with E-state index in [0.29, 0.717) is 12.0 Å². The van der Waals surface area contributed by atoms with Crippen LogP contribution in [0.4, 0.5) is 5.69 Å². The zero-order valence-corrected chi connectivity index (χ0v) is 15.6. The fourth-order valence-electron chi connectivity index (χ4n) is 3.61. The van der Waals surface area contributed by atoms with Crippen LogP contribution in [-0.4, -0.2) is 15.6 Å². The van der Waals surface area contributed by atoms with Gasteiger partial charge in [0.05, 0.1) is 22.7 Å². The predicted octanol–water partition coefficient (Wildman–Crippen LogP) is 5.01. The molecule has 0 N–H and O–H groups in total. The topological polar surface area (TPSA) is 82.5 Å². The van der Waals surface area contributed by atoms with Gasteiger partial charge in [-0.15, -0.1) is 0 Å². The fraction of sp³-hybridized carbons (Fsp3) is 0.130. The van der Waals surface area contributed by atoms with Crippen LogP contribution in [0.25, 0.3) is 0 Å². The Morgan fingerprint density at radius 2 is 1.72 bits per heavy atom. The van der Waals surface area contributed by atoms with Crippen molar-refractivity contribution >= 4 is 11.4 Å². The van der Waals surface area contributed by atoms with Crippen LogP contribution in [-0.2, 0) is 0 Å². The predicted molar refractivity (Wildman–Crippen MR) is 110 cm³/mol. The lowest BCUT2D eigenvalue weighted by Crippen LogP contribution is -2.24. The number of non-ortho nitro benzene ring substituents is 1. The fourth-order valence-corrected chi connectivity index (χ4v) is 3.61. The van der Waals surface area contributed by atoms with Crippen LogP contribution in [0.5, 0.6) is 0 Å². The molecule has 0 aliphatic carbocycles. The normalized spacial score (nSPS) is 16.7. The van der Waals surface area contributed by atoms with Gasteiger partial charge in [-0.3, -0.25) is 15.1 Å². The molecule has 3 aromatic rings. The van der Waals surface area contributed by atoms with Crippen molar-refractivity contribution in [1.82, 2.24) is 5.01 Å². The zero-order valence-electron chi connectivity index (χ0n) is 15.6. The number of benzene rings is 3. The first-order chi connectivity index (χ1) is 14.2. The summed E-state index contributed by atoms with van der Waals surface area (Å²) in [5.41, 5.74) is 3.47. The van der Waals surface area contributed by atoms with E-state index in [-0.39, 0.29) is 11.7 Å². The van der Waals surface area contributed by atoms with E-state index in [4.69, 9.17) is 5.10 Å². The smallest absolute Gasteiger partial charge is 0.267 e. The minimum absolute atomic E-state index is 0.0366. The van der Waals surface area contributed by atoms with Gasteiger partial charge in [0.1, 0.15) is 0 Å². The molecule has 4 rings (SSSR count). The molecule has 142 valence electrons. The van der Waals surface area contributed by atoms with Gasteiger partial charge in [-0.25, -0.2) is 0 Å². The van der Waals surface area contributed by atoms with Crippen LogP contribution in [0, 0.1) is 21.4 Å². The van der Waals surface area contributed by atoms with E-state index in [1.54, 1.807) is 17.1 Å². The molecule has 0 unspecified atom stereocenters. The number of nitro benzene ring substituents is 1. The van der Waals surface area contributed by atoms with Crippen LogP contribution in [0.1, 0.15) is 35.2 Å². The van der Waals surface area contributed by atoms with Crippen molar-refractivity contribution in [1.29, 1.82) is 5.26 Å². The van der Waals surface area contributed by atoms with Gasteiger partial charge in [0, 0.05) is 18.6 Å². The first-order valence-electron chi connectivity index (χ1n) is 9.27. The van der Waals surface area contributed by atoms with E-state index in [9.17, 15) is 15.4 Å². The van der Waals surface area contributed by atoms with Gasteiger partial charge >= 0.3 is 0 Å². The summed E-state index contributed by atoms with van der Waals surface area (Å²) in [6, 6.07) is 27.4. The Labute approximate surface area is 168 Å². The molecule has 0 aromatic heterocycles. The third kappa shape index (κ3) is 3.71. The van der Waals surface area contributed by atoms with Crippen molar-refractivity contribution in [3.63, 3.8) is 0 Å². The molecule has 6 heteroatoms. The molecule has 1 aliphatic heterocycles. The molecule has 1 aliphatic rings. The second-order valence-corrected chi connectivity index (χ2v) is 6.81. The summed E-state index contributed by atoms with van der Waals surface area (Å²) in [6.45, 7) is 0. The maximum Gasteiger partial charge on any atom is 0.269 e. The Bertz CT molecular complexity index is 1090. The molecule has 0 fully saturated rings. The summed E-state index contributed by atoms with van der Waals surface area (Å²) in [5.74, 6) is 0. The van der Waals surface area contributed by atoms with Crippen LogP contribution < -0.4 is 0 Å². The van der Waals surface area contributed by atoms with Crippen molar-refractivity contribution in [3.8, 4) is 6.07 Å². The molecule has 0 spiro atoms. The number of hydrogen-bond acceptors (Lipinski definition) is 5. The highest BCUT2D eigenvalue weighted by molar-refractivity contribution is 6.01. The monoisotopic (exact) mass is 382 g/mol. The van der Waals surface area contributed by atoms with Gasteiger partial charge < -0.3 is 0 Å². The Hall–Kier alpha value is -3.98. The molecule has 29 heavy (non-hydrogen) atoms. The first-order valence-corrected chi connectivity index (χ1v) is 9.27. The van der Waals surface area contributed by atoms with Crippen molar-refractivity contribution in [3.05, 3.63) is 112 Å². The zero-order chi connectivity index (χ0) is 20.2. The highest BCUT2D eigenvalue weighted by Gasteiger charge is 2.34. The Morgan fingerprint density at radius 3 is 2.38 bits per heavy atom. The van der Waals surface area contributed by atoms with Gasteiger partial charge in [0.25, 0.3) is 5.69 Å². The minimum Gasteiger partial charge on any atom is -0.267 e. The standard InChI is InChI=1S/C23H18N4O2/c24-16-23(19-12-7-13-20(14-19)27(28)29)26-22(18-10-5-2-6-11-18)15-21(25-26)17-8-3-1-4-9-17/h1-14,22-23H,15H2/t22-,23+/m1/s1. The van der Waals surface area contributed by atoms with Gasteiger partial charge in [-0.2, -0.15) is 10.4 Å². The molecule has 3 aromatic carbocycles. The quantitative estimate of drug-likeness (QED) is 0.459. The molecule has 0 saturated carbocycles. The first kappa shape index (κ1) is 18.4. The van der Waals surface area contributed by atoms with Gasteiger partial charge in [0.15, 0.2) is 6.04 Å². The lowest BCUT2D eigenvalue weighted by Gasteiger charge is -2.28. The van der Waals surface area contributed by atoms with Crippen LogP contribution in [0.15, 0.2) is 90.0 Å². The summed E-state index contributed by atoms with van der Waals surface area (Å²) < 4.78 is 0. The van der Waals surface area contributed by atoms with Gasteiger partial charge in [-0.1, -0.05) is 72.8 Å². The molecule has 0 radical (unpaired) electrons. The summed E-state index contributed by atoms with van der Waals surface area (Å²) in [4.78, 5) is 10.7. The van der Waals surface area contributed by atoms with Crippen molar-refractivity contribution in [2.75, 3.05) is 0 Å². The van der Waals surface area contributed by atoms with Crippen molar-refractivity contribution < 1.29 is 4.92 Å². The average Bonchev–Trinajstić information content (AvgIpc) is 3.21. The number of rotatable bonds is 5. The number of hydrogen-bond donors (Lipinski definition) is 0. The lowest BCUT2D eigenvalue weighted by molar-refractivity contribution is -0.384. The minimum atomic E-state index is -0.735. The number of hydrazone groups is 1. The van der Waals surface area contributed by atoms with E-state index >= 15 is 0 Å². The molecule has 0 amide bonds. The third-order valence-electron chi connectivity index (χ3n) is 5.02. The second kappa shape index (κ2) is 7.95. The van der Waals surface area contributed by atoms with E-state index in [1.807, 2.05) is 60.7 Å². The second-order valence-electron chi connectivity index (χ2n) is 6.81. The number of nitrogens with zero attached hydrogens (tertiary/aromatic N) is 4. The third-order valence-corrected chi connectivity index (χ3v) is 5.02. The average molecular weight is 382 g/mol. The van der Waals surface area contributed by atoms with Gasteiger partial charge in [0.2, 0.25) is 0 Å². The maximum absolute atomic E-state index is 11.2. The van der Waals surface area contributed by atoms with Crippen LogP contribution in [0.2, 0.25) is 0 Å². The highest BCUT2D eigenvalue weighted by Crippen LogP contribution is 2.39. The SMILES string of the molecule is N#C[C@@H](c1cccc([N+](=O)[O-])c1)N1N=C(c2ccccc2)C[C@@H]1c1ccccc1. The Morgan fingerprint density at radius 1 is 1.03 bits per heavy atom. The summed E-state index contributed by atoms with van der Waals surface area (Å²) in [5, 5.41) is 27.7. The van der Waals surface area contributed by atoms with Gasteiger partial charge in [-0.05, 0) is 16.7 Å². The maximum atomic E-state index is 11.2. The molecular formula is C23H18N4O2. The molecular weight excluding hydrogens is 364 g/mol. The largest absolute Gasteiger partial charge is 0.269 e. The summed E-state index contributed by atoms with van der Waals surface area (Å²) >= 11 is 0. The lowest BCUT2D eigenvalue weighted by atomic mass is 9.97. The van der Waals surface area contributed by atoms with Crippen molar-refractivity contribution in [2.45, 2.75) is 18.5 Å². The highest BCUT2D eigenvalue weighted by atomic mass is 16.6. The van der Waals surface area contributed by atoms with Crippen molar-refractivity contribution in [2.24, 2.45) is 5.10 Å². The Balaban J connectivity index is 1.77. The summed E-state index contributed by atoms with van der Waals surface area (Å²) in [7, 11) is 0. The summed E-state index contributed by atoms with van der Waals surface area (Å²) in [6.07, 6.45) is 0.654. The van der Waals surface area contributed by atoms with E-state index < -0.39 is 11.0 Å². The van der Waals surface area contributed by atoms with E-state index in [2.05, 4.69) is 6.07 Å². The van der Waals surface area contributed by atoms with Crippen LogP contribution in [0.3, 0.4) is 0 Å². The molecule has 0 saturated heterocycles. The Kier molecular flexibility index (Phi) is 5.04. The van der Waals surface area contributed by atoms with E-state index in [1.165, 1.54) is 12.1 Å².